The fraction of sp³-hybridized carbons (Fsp3) is 0.375. The number of hydrogen-bond acceptors (Lipinski definition) is 7. The van der Waals surface area contributed by atoms with Crippen molar-refractivity contribution in [3.8, 4) is 17.5 Å². The molecule has 1 fully saturated rings. The number of nitrogens with zero attached hydrogens (tertiary/aromatic N) is 3. The lowest BCUT2D eigenvalue weighted by molar-refractivity contribution is 0.194. The molecule has 0 radical (unpaired) electrons. The first-order valence-corrected chi connectivity index (χ1v) is 9.25. The number of ether oxygens (including phenoxy) is 3. The van der Waals surface area contributed by atoms with Gasteiger partial charge in [-0.3, -0.25) is 0 Å². The topological polar surface area (TPSA) is 90.9 Å². The van der Waals surface area contributed by atoms with Crippen molar-refractivity contribution in [3.05, 3.63) is 36.4 Å². The molecule has 0 aliphatic carbocycles. The Kier molecular flexibility index (Phi) is 5.23. The van der Waals surface area contributed by atoms with Crippen molar-refractivity contribution in [2.24, 2.45) is 0 Å². The van der Waals surface area contributed by atoms with Gasteiger partial charge in [0, 0.05) is 18.9 Å². The van der Waals surface area contributed by atoms with Gasteiger partial charge in [-0.1, -0.05) is 0 Å². The fourth-order valence-corrected chi connectivity index (χ4v) is 4.16. The Morgan fingerprint density at radius 3 is 2.54 bits per heavy atom. The average Bonchev–Trinajstić information content (AvgIpc) is 3.11. The van der Waals surface area contributed by atoms with E-state index in [1.54, 1.807) is 0 Å². The van der Waals surface area contributed by atoms with Gasteiger partial charge in [0.05, 0.1) is 25.7 Å². The third-order valence-electron chi connectivity index (χ3n) is 3.97. The van der Waals surface area contributed by atoms with E-state index in [2.05, 4.69) is 9.97 Å². The van der Waals surface area contributed by atoms with Crippen LogP contribution in [0.2, 0.25) is 0 Å². The SMILES string of the molecule is COc1ccc(S(=O)(=O)N2CCC(Oc3nccnc3OC)C2)cc1F. The molecule has 0 amide bonds. The molecule has 3 rings (SSSR count). The summed E-state index contributed by atoms with van der Waals surface area (Å²) in [6, 6.07) is 3.56. The highest BCUT2D eigenvalue weighted by molar-refractivity contribution is 7.89. The standard InChI is InChI=1S/C16H18FN3O5S/c1-23-14-4-3-12(9-13(14)17)26(21,22)20-8-5-11(10-20)25-16-15(24-2)18-6-7-19-16/h3-4,6-7,9,11H,5,8,10H2,1-2H3. The van der Waals surface area contributed by atoms with Crippen LogP contribution < -0.4 is 14.2 Å². The normalized spacial score (nSPS) is 17.9. The number of methoxy groups -OCH3 is 2. The summed E-state index contributed by atoms with van der Waals surface area (Å²) in [4.78, 5) is 7.90. The van der Waals surface area contributed by atoms with E-state index in [1.807, 2.05) is 0 Å². The third kappa shape index (κ3) is 3.56. The summed E-state index contributed by atoms with van der Waals surface area (Å²) < 4.78 is 56.1. The number of rotatable bonds is 6. The van der Waals surface area contributed by atoms with E-state index >= 15 is 0 Å². The van der Waals surface area contributed by atoms with Gasteiger partial charge in [0.15, 0.2) is 11.6 Å². The zero-order valence-corrected chi connectivity index (χ0v) is 15.1. The van der Waals surface area contributed by atoms with E-state index < -0.39 is 21.9 Å². The second-order valence-electron chi connectivity index (χ2n) is 5.56. The van der Waals surface area contributed by atoms with E-state index in [4.69, 9.17) is 14.2 Å². The van der Waals surface area contributed by atoms with Crippen LogP contribution in [0.4, 0.5) is 4.39 Å². The summed E-state index contributed by atoms with van der Waals surface area (Å²) in [5, 5.41) is 0. The van der Waals surface area contributed by atoms with Gasteiger partial charge in [-0.05, 0) is 24.6 Å². The van der Waals surface area contributed by atoms with Crippen molar-refractivity contribution in [1.29, 1.82) is 0 Å². The summed E-state index contributed by atoms with van der Waals surface area (Å²) in [5.41, 5.74) is 0. The Morgan fingerprint density at radius 2 is 1.88 bits per heavy atom. The van der Waals surface area contributed by atoms with Crippen LogP contribution in [0.15, 0.2) is 35.5 Å². The average molecular weight is 383 g/mol. The minimum atomic E-state index is -3.84. The highest BCUT2D eigenvalue weighted by atomic mass is 32.2. The first-order valence-electron chi connectivity index (χ1n) is 7.81. The monoisotopic (exact) mass is 383 g/mol. The predicted molar refractivity (Wildman–Crippen MR) is 89.3 cm³/mol. The largest absolute Gasteiger partial charge is 0.494 e. The molecule has 1 saturated heterocycles. The Morgan fingerprint density at radius 1 is 1.15 bits per heavy atom. The lowest BCUT2D eigenvalue weighted by Crippen LogP contribution is -2.31. The highest BCUT2D eigenvalue weighted by Crippen LogP contribution is 2.28. The zero-order valence-electron chi connectivity index (χ0n) is 14.3. The predicted octanol–water partition coefficient (Wildman–Crippen LogP) is 1.47. The van der Waals surface area contributed by atoms with Crippen LogP contribution in [0.5, 0.6) is 17.5 Å². The first kappa shape index (κ1) is 18.3. The van der Waals surface area contributed by atoms with E-state index in [0.29, 0.717) is 6.42 Å². The van der Waals surface area contributed by atoms with Crippen LogP contribution in [0.3, 0.4) is 0 Å². The van der Waals surface area contributed by atoms with Crippen LogP contribution in [-0.4, -0.2) is 56.1 Å². The minimum Gasteiger partial charge on any atom is -0.494 e. The number of benzene rings is 1. The van der Waals surface area contributed by atoms with E-state index in [9.17, 15) is 12.8 Å². The van der Waals surface area contributed by atoms with Crippen molar-refractivity contribution in [2.75, 3.05) is 27.3 Å². The van der Waals surface area contributed by atoms with E-state index in [-0.39, 0.29) is 35.5 Å². The second-order valence-corrected chi connectivity index (χ2v) is 7.50. The van der Waals surface area contributed by atoms with Crippen molar-refractivity contribution in [2.45, 2.75) is 17.4 Å². The molecule has 2 heterocycles. The molecule has 1 aromatic heterocycles. The molecule has 1 aliphatic heterocycles. The molecule has 0 bridgehead atoms. The van der Waals surface area contributed by atoms with Gasteiger partial charge in [-0.2, -0.15) is 4.31 Å². The molecule has 2 aromatic rings. The van der Waals surface area contributed by atoms with Crippen LogP contribution >= 0.6 is 0 Å². The molecule has 10 heteroatoms. The Hall–Kier alpha value is -2.46. The number of hydrogen-bond donors (Lipinski definition) is 0. The summed E-state index contributed by atoms with van der Waals surface area (Å²) in [6.45, 7) is 0.374. The molecular formula is C16H18FN3O5S. The molecule has 1 unspecified atom stereocenters. The zero-order chi connectivity index (χ0) is 18.7. The van der Waals surface area contributed by atoms with Gasteiger partial charge < -0.3 is 14.2 Å². The van der Waals surface area contributed by atoms with Crippen LogP contribution in [0.25, 0.3) is 0 Å². The minimum absolute atomic E-state index is 0.0127. The van der Waals surface area contributed by atoms with Crippen molar-refractivity contribution < 1.29 is 27.0 Å². The van der Waals surface area contributed by atoms with Crippen molar-refractivity contribution >= 4 is 10.0 Å². The highest BCUT2D eigenvalue weighted by Gasteiger charge is 2.34. The molecule has 1 aliphatic rings. The van der Waals surface area contributed by atoms with Gasteiger partial charge in [-0.15, -0.1) is 0 Å². The first-order chi connectivity index (χ1) is 12.5. The molecule has 8 nitrogen and oxygen atoms in total. The lowest BCUT2D eigenvalue weighted by atomic mass is 10.3. The van der Waals surface area contributed by atoms with Gasteiger partial charge in [0.2, 0.25) is 10.0 Å². The molecular weight excluding hydrogens is 365 g/mol. The summed E-state index contributed by atoms with van der Waals surface area (Å²) >= 11 is 0. The third-order valence-corrected chi connectivity index (χ3v) is 5.83. The summed E-state index contributed by atoms with van der Waals surface area (Å²) in [5.74, 6) is -0.313. The van der Waals surface area contributed by atoms with Crippen LogP contribution in [0.1, 0.15) is 6.42 Å². The number of sulfonamides is 1. The molecule has 0 spiro atoms. The molecule has 1 atom stereocenters. The molecule has 0 N–H and O–H groups in total. The Balaban J connectivity index is 1.74. The second kappa shape index (κ2) is 7.42. The molecule has 26 heavy (non-hydrogen) atoms. The molecule has 1 aromatic carbocycles. The molecule has 0 saturated carbocycles. The van der Waals surface area contributed by atoms with Crippen LogP contribution in [-0.2, 0) is 10.0 Å². The lowest BCUT2D eigenvalue weighted by Gasteiger charge is -2.17. The van der Waals surface area contributed by atoms with E-state index in [1.165, 1.54) is 43.1 Å². The van der Waals surface area contributed by atoms with Gasteiger partial charge in [-0.25, -0.2) is 22.8 Å². The smallest absolute Gasteiger partial charge is 0.278 e. The van der Waals surface area contributed by atoms with Gasteiger partial charge in [0.25, 0.3) is 11.8 Å². The Bertz CT molecular complexity index is 893. The number of aromatic nitrogens is 2. The van der Waals surface area contributed by atoms with Crippen LogP contribution in [0, 0.1) is 5.82 Å². The van der Waals surface area contributed by atoms with E-state index in [0.717, 1.165) is 6.07 Å². The molecule has 140 valence electrons. The maximum Gasteiger partial charge on any atom is 0.278 e. The maximum atomic E-state index is 13.9. The van der Waals surface area contributed by atoms with Gasteiger partial charge >= 0.3 is 0 Å². The quantitative estimate of drug-likeness (QED) is 0.746. The number of halogens is 1. The fourth-order valence-electron chi connectivity index (χ4n) is 2.66. The summed E-state index contributed by atoms with van der Waals surface area (Å²) in [7, 11) is -1.08. The van der Waals surface area contributed by atoms with Gasteiger partial charge in [0.1, 0.15) is 6.10 Å². The van der Waals surface area contributed by atoms with Crippen molar-refractivity contribution in [1.82, 2.24) is 14.3 Å². The van der Waals surface area contributed by atoms with Crippen molar-refractivity contribution in [3.63, 3.8) is 0 Å². The maximum absolute atomic E-state index is 13.9. The Labute approximate surface area is 150 Å². The summed E-state index contributed by atoms with van der Waals surface area (Å²) in [6.07, 6.45) is 2.99.